The van der Waals surface area contributed by atoms with Crippen LogP contribution in [0.1, 0.15) is 11.5 Å². The number of nitrogens with one attached hydrogen (secondary N) is 1. The number of aryl methyl sites for hydroxylation is 1. The molecule has 0 spiro atoms. The van der Waals surface area contributed by atoms with E-state index in [1.54, 1.807) is 24.4 Å². The molecule has 0 saturated carbocycles. The van der Waals surface area contributed by atoms with Gasteiger partial charge in [0.1, 0.15) is 15.7 Å². The highest BCUT2D eigenvalue weighted by Crippen LogP contribution is 2.21. The van der Waals surface area contributed by atoms with Gasteiger partial charge in [0, 0.05) is 11.1 Å². The van der Waals surface area contributed by atoms with Gasteiger partial charge in [-0.2, -0.15) is 0 Å². The highest BCUT2D eigenvalue weighted by molar-refractivity contribution is 7.91. The number of nitrogens with two attached hydrogens (primary N) is 1. The summed E-state index contributed by atoms with van der Waals surface area (Å²) >= 11 is 1.09. The Bertz CT molecular complexity index is 613. The quantitative estimate of drug-likeness (QED) is 0.887. The normalized spacial score (nSPS) is 11.8. The first kappa shape index (κ1) is 12.2. The van der Waals surface area contributed by atoms with Crippen LogP contribution in [0, 0.1) is 6.92 Å². The van der Waals surface area contributed by atoms with Crippen LogP contribution in [-0.4, -0.2) is 8.42 Å². The zero-order chi connectivity index (χ0) is 12.5. The van der Waals surface area contributed by atoms with Crippen LogP contribution in [0.2, 0.25) is 0 Å². The molecule has 2 heterocycles. The lowest BCUT2D eigenvalue weighted by Crippen LogP contribution is -2.22. The van der Waals surface area contributed by atoms with Gasteiger partial charge >= 0.3 is 0 Å². The van der Waals surface area contributed by atoms with Gasteiger partial charge in [0.2, 0.25) is 0 Å². The van der Waals surface area contributed by atoms with Crippen molar-refractivity contribution >= 4 is 27.0 Å². The van der Waals surface area contributed by atoms with Crippen LogP contribution in [0.5, 0.6) is 0 Å². The first-order chi connectivity index (χ1) is 7.97. The van der Waals surface area contributed by atoms with Crippen LogP contribution in [0.25, 0.3) is 0 Å². The van der Waals surface area contributed by atoms with Gasteiger partial charge in [0.25, 0.3) is 10.0 Å². The molecule has 5 nitrogen and oxygen atoms in total. The number of furan rings is 1. The first-order valence-corrected chi connectivity index (χ1v) is 7.22. The summed E-state index contributed by atoms with van der Waals surface area (Å²) in [7, 11) is -3.50. The zero-order valence-corrected chi connectivity index (χ0v) is 10.8. The van der Waals surface area contributed by atoms with Crippen LogP contribution in [-0.2, 0) is 16.6 Å². The smallest absolute Gasteiger partial charge is 0.250 e. The van der Waals surface area contributed by atoms with Crippen LogP contribution >= 0.6 is 11.3 Å². The van der Waals surface area contributed by atoms with E-state index >= 15 is 0 Å². The molecule has 2 rings (SSSR count). The molecule has 17 heavy (non-hydrogen) atoms. The van der Waals surface area contributed by atoms with E-state index in [0.717, 1.165) is 17.1 Å². The molecule has 0 radical (unpaired) electrons. The predicted octanol–water partition coefficient (Wildman–Crippen LogP) is 1.71. The lowest BCUT2D eigenvalue weighted by Gasteiger charge is -2.02. The molecule has 0 amide bonds. The largest absolute Gasteiger partial charge is 0.465 e. The lowest BCUT2D eigenvalue weighted by molar-refractivity contribution is 0.475. The Kier molecular flexibility index (Phi) is 3.23. The third-order valence-corrected chi connectivity index (χ3v) is 4.95. The molecule has 0 aliphatic heterocycles. The average molecular weight is 272 g/mol. The Morgan fingerprint density at radius 2 is 2.24 bits per heavy atom. The molecule has 0 aliphatic carbocycles. The van der Waals surface area contributed by atoms with Gasteiger partial charge in [-0.1, -0.05) is 0 Å². The van der Waals surface area contributed by atoms with Crippen LogP contribution in [0.15, 0.2) is 32.2 Å². The van der Waals surface area contributed by atoms with E-state index in [0.29, 0.717) is 11.4 Å². The van der Waals surface area contributed by atoms with Crippen LogP contribution < -0.4 is 10.5 Å². The van der Waals surface area contributed by atoms with Crippen LogP contribution in [0.4, 0.5) is 5.69 Å². The van der Waals surface area contributed by atoms with E-state index < -0.39 is 10.0 Å². The number of thiophene rings is 1. The van der Waals surface area contributed by atoms with E-state index in [9.17, 15) is 8.42 Å². The Morgan fingerprint density at radius 3 is 2.76 bits per heavy atom. The van der Waals surface area contributed by atoms with Crippen molar-refractivity contribution in [2.75, 3.05) is 5.73 Å². The van der Waals surface area contributed by atoms with Crippen molar-refractivity contribution in [3.63, 3.8) is 0 Å². The molecule has 7 heteroatoms. The number of hydrogen-bond donors (Lipinski definition) is 2. The molecule has 0 aromatic carbocycles. The van der Waals surface area contributed by atoms with E-state index in [1.165, 1.54) is 6.07 Å². The maximum atomic E-state index is 11.8. The standard InChI is InChI=1S/C10H12N2O3S2/c1-7-2-3-9(15-7)5-12-17(13,14)10-4-8(11)6-16-10/h2-4,6,12H,5,11H2,1H3. The fourth-order valence-corrected chi connectivity index (χ4v) is 3.41. The molecule has 3 N–H and O–H groups in total. The van der Waals surface area contributed by atoms with E-state index in [4.69, 9.17) is 10.2 Å². The minimum atomic E-state index is -3.50. The van der Waals surface area contributed by atoms with E-state index in [2.05, 4.69) is 4.72 Å². The average Bonchev–Trinajstić information content (AvgIpc) is 2.85. The molecule has 0 bridgehead atoms. The van der Waals surface area contributed by atoms with Gasteiger partial charge in [-0.15, -0.1) is 11.3 Å². The molecule has 0 unspecified atom stereocenters. The van der Waals surface area contributed by atoms with Crippen molar-refractivity contribution < 1.29 is 12.8 Å². The summed E-state index contributed by atoms with van der Waals surface area (Å²) in [6.45, 7) is 1.94. The van der Waals surface area contributed by atoms with Crippen molar-refractivity contribution in [3.05, 3.63) is 35.1 Å². The number of sulfonamides is 1. The van der Waals surface area contributed by atoms with Crippen molar-refractivity contribution in [1.82, 2.24) is 4.72 Å². The van der Waals surface area contributed by atoms with Crippen molar-refractivity contribution in [1.29, 1.82) is 0 Å². The molecule has 2 aromatic heterocycles. The maximum absolute atomic E-state index is 11.8. The molecule has 0 aliphatic rings. The molecular formula is C10H12N2O3S2. The second-order valence-corrected chi connectivity index (χ2v) is 6.44. The highest BCUT2D eigenvalue weighted by Gasteiger charge is 2.16. The summed E-state index contributed by atoms with van der Waals surface area (Å²) in [6, 6.07) is 4.95. The van der Waals surface area contributed by atoms with Gasteiger partial charge in [0.05, 0.1) is 6.54 Å². The Morgan fingerprint density at radius 1 is 1.47 bits per heavy atom. The summed E-state index contributed by atoms with van der Waals surface area (Å²) in [6.07, 6.45) is 0. The number of nitrogen functional groups attached to an aromatic ring is 1. The predicted molar refractivity (Wildman–Crippen MR) is 66.2 cm³/mol. The minimum Gasteiger partial charge on any atom is -0.465 e. The lowest BCUT2D eigenvalue weighted by atomic mass is 10.4. The Hall–Kier alpha value is -1.31. The second-order valence-electron chi connectivity index (χ2n) is 3.54. The highest BCUT2D eigenvalue weighted by atomic mass is 32.2. The summed E-state index contributed by atoms with van der Waals surface area (Å²) in [5, 5.41) is 1.59. The number of hydrogen-bond acceptors (Lipinski definition) is 5. The number of anilines is 1. The van der Waals surface area contributed by atoms with Gasteiger partial charge in [-0.25, -0.2) is 13.1 Å². The topological polar surface area (TPSA) is 85.3 Å². The van der Waals surface area contributed by atoms with Gasteiger partial charge < -0.3 is 10.2 Å². The Labute approximate surface area is 103 Å². The summed E-state index contributed by atoms with van der Waals surface area (Å²) < 4.78 is 31.6. The molecular weight excluding hydrogens is 260 g/mol. The fourth-order valence-electron chi connectivity index (χ4n) is 1.29. The van der Waals surface area contributed by atoms with Gasteiger partial charge in [-0.3, -0.25) is 0 Å². The first-order valence-electron chi connectivity index (χ1n) is 4.86. The van der Waals surface area contributed by atoms with Gasteiger partial charge in [0.15, 0.2) is 0 Å². The van der Waals surface area contributed by atoms with E-state index in [-0.39, 0.29) is 10.8 Å². The summed E-state index contributed by atoms with van der Waals surface area (Å²) in [5.74, 6) is 1.33. The maximum Gasteiger partial charge on any atom is 0.250 e. The van der Waals surface area contributed by atoms with Crippen molar-refractivity contribution in [2.24, 2.45) is 0 Å². The summed E-state index contributed by atoms with van der Waals surface area (Å²) in [4.78, 5) is 0. The second kappa shape index (κ2) is 4.52. The number of rotatable bonds is 4. The van der Waals surface area contributed by atoms with Crippen molar-refractivity contribution in [3.8, 4) is 0 Å². The molecule has 0 atom stereocenters. The third kappa shape index (κ3) is 2.87. The molecule has 0 saturated heterocycles. The Balaban J connectivity index is 2.08. The van der Waals surface area contributed by atoms with E-state index in [1.807, 2.05) is 0 Å². The zero-order valence-electron chi connectivity index (χ0n) is 9.14. The minimum absolute atomic E-state index is 0.133. The van der Waals surface area contributed by atoms with Crippen LogP contribution in [0.3, 0.4) is 0 Å². The molecule has 92 valence electrons. The fraction of sp³-hybridized carbons (Fsp3) is 0.200. The van der Waals surface area contributed by atoms with Gasteiger partial charge in [-0.05, 0) is 25.1 Å². The molecule has 0 fully saturated rings. The SMILES string of the molecule is Cc1ccc(CNS(=O)(=O)c2cc(N)cs2)o1. The van der Waals surface area contributed by atoms with Crippen molar-refractivity contribution in [2.45, 2.75) is 17.7 Å². The monoisotopic (exact) mass is 272 g/mol. The molecule has 2 aromatic rings. The summed E-state index contributed by atoms with van der Waals surface area (Å²) in [5.41, 5.74) is 5.93. The third-order valence-electron chi connectivity index (χ3n) is 2.09.